The Labute approximate surface area is 244 Å². The average Bonchev–Trinajstić information content (AvgIpc) is 3.35. The lowest BCUT2D eigenvalue weighted by atomic mass is 10.0. The molecular formula is C30H25BrN4O2S2. The van der Waals surface area contributed by atoms with Gasteiger partial charge >= 0.3 is 0 Å². The molecule has 9 heteroatoms. The molecule has 196 valence electrons. The van der Waals surface area contributed by atoms with Crippen LogP contribution in [0.5, 0.6) is 5.75 Å². The van der Waals surface area contributed by atoms with Crippen LogP contribution in [0.4, 0.5) is 5.69 Å². The molecule has 0 saturated heterocycles. The average molecular weight is 618 g/mol. The number of carbonyl (C=O) groups is 1. The van der Waals surface area contributed by atoms with Gasteiger partial charge in [0, 0.05) is 9.37 Å². The number of phenolic OH excluding ortho intramolecular Hbond substituents is 1. The quantitative estimate of drug-likeness (QED) is 0.241. The minimum absolute atomic E-state index is 0.00438. The maximum Gasteiger partial charge on any atom is 0.238 e. The lowest BCUT2D eigenvalue weighted by Gasteiger charge is -2.40. The summed E-state index contributed by atoms with van der Waals surface area (Å²) in [5, 5.41) is 20.4. The summed E-state index contributed by atoms with van der Waals surface area (Å²) < 4.78 is 2.75. The SMILES string of the molecule is Cc1ccc(-n2c(SCC(=O)N3c4ccccc4S[C@H]4C=CC=C[C@@H]43)nnc2-c2cc(Br)ccc2O)c(C)c1. The van der Waals surface area contributed by atoms with Gasteiger partial charge < -0.3 is 10.0 Å². The normalized spacial score (nSPS) is 17.7. The number of halogens is 1. The van der Waals surface area contributed by atoms with Gasteiger partial charge in [-0.2, -0.15) is 0 Å². The van der Waals surface area contributed by atoms with Crippen molar-refractivity contribution in [1.82, 2.24) is 14.8 Å². The number of para-hydroxylation sites is 1. The Bertz CT molecular complexity index is 1650. The Morgan fingerprint density at radius 1 is 1.03 bits per heavy atom. The first kappa shape index (κ1) is 26.0. The Kier molecular flexibility index (Phi) is 7.14. The van der Waals surface area contributed by atoms with E-state index < -0.39 is 0 Å². The topological polar surface area (TPSA) is 71.2 Å². The summed E-state index contributed by atoms with van der Waals surface area (Å²) in [6.07, 6.45) is 8.32. The van der Waals surface area contributed by atoms with Crippen molar-refractivity contribution in [2.24, 2.45) is 0 Å². The van der Waals surface area contributed by atoms with Crippen LogP contribution in [0.2, 0.25) is 0 Å². The second-order valence-corrected chi connectivity index (χ2v) is 12.5. The lowest BCUT2D eigenvalue weighted by Crippen LogP contribution is -2.48. The van der Waals surface area contributed by atoms with Gasteiger partial charge in [0.1, 0.15) is 5.75 Å². The summed E-state index contributed by atoms with van der Waals surface area (Å²) >= 11 is 6.65. The third-order valence-electron chi connectivity index (χ3n) is 6.76. The zero-order valence-corrected chi connectivity index (χ0v) is 24.5. The molecule has 0 fully saturated rings. The van der Waals surface area contributed by atoms with Gasteiger partial charge in [0.15, 0.2) is 11.0 Å². The molecule has 1 aliphatic heterocycles. The molecule has 6 nitrogen and oxygen atoms in total. The highest BCUT2D eigenvalue weighted by atomic mass is 79.9. The van der Waals surface area contributed by atoms with Crippen LogP contribution in [0.15, 0.2) is 99.5 Å². The predicted molar refractivity (Wildman–Crippen MR) is 162 cm³/mol. The van der Waals surface area contributed by atoms with Gasteiger partial charge in [-0.25, -0.2) is 0 Å². The number of thioether (sulfide) groups is 2. The first-order chi connectivity index (χ1) is 18.9. The van der Waals surface area contributed by atoms with Crippen molar-refractivity contribution in [2.75, 3.05) is 10.7 Å². The molecule has 3 aromatic carbocycles. The maximum absolute atomic E-state index is 13.9. The first-order valence-electron chi connectivity index (χ1n) is 12.5. The predicted octanol–water partition coefficient (Wildman–Crippen LogP) is 7.11. The fraction of sp³-hybridized carbons (Fsp3) is 0.167. The monoisotopic (exact) mass is 616 g/mol. The molecule has 39 heavy (non-hydrogen) atoms. The summed E-state index contributed by atoms with van der Waals surface area (Å²) in [5.41, 5.74) is 4.58. The number of aromatic hydroxyl groups is 1. The zero-order valence-electron chi connectivity index (χ0n) is 21.3. The van der Waals surface area contributed by atoms with Crippen LogP contribution in [0.1, 0.15) is 11.1 Å². The fourth-order valence-electron chi connectivity index (χ4n) is 4.98. The van der Waals surface area contributed by atoms with Gasteiger partial charge in [-0.05, 0) is 55.8 Å². The van der Waals surface area contributed by atoms with Crippen molar-refractivity contribution in [1.29, 1.82) is 0 Å². The van der Waals surface area contributed by atoms with E-state index in [1.807, 2.05) is 64.9 Å². The molecule has 1 N–H and O–H groups in total. The largest absolute Gasteiger partial charge is 0.507 e. The molecule has 0 radical (unpaired) electrons. The third-order valence-corrected chi connectivity index (χ3v) is 9.48. The van der Waals surface area contributed by atoms with Crippen LogP contribution in [0, 0.1) is 13.8 Å². The molecule has 0 bridgehead atoms. The van der Waals surface area contributed by atoms with E-state index in [-0.39, 0.29) is 28.7 Å². The minimum Gasteiger partial charge on any atom is -0.507 e. The molecule has 1 aliphatic carbocycles. The van der Waals surface area contributed by atoms with Crippen molar-refractivity contribution in [3.8, 4) is 22.8 Å². The number of aromatic nitrogens is 3. The number of benzene rings is 3. The van der Waals surface area contributed by atoms with E-state index in [0.717, 1.165) is 31.9 Å². The molecule has 0 spiro atoms. The molecule has 2 atom stereocenters. The second kappa shape index (κ2) is 10.7. The molecule has 4 aromatic rings. The summed E-state index contributed by atoms with van der Waals surface area (Å²) in [7, 11) is 0. The van der Waals surface area contributed by atoms with Gasteiger partial charge in [0.05, 0.1) is 34.0 Å². The number of hydrogen-bond donors (Lipinski definition) is 1. The van der Waals surface area contributed by atoms with Gasteiger partial charge in [0.25, 0.3) is 0 Å². The van der Waals surface area contributed by atoms with Crippen LogP contribution in [0.25, 0.3) is 17.1 Å². The number of aryl methyl sites for hydroxylation is 2. The summed E-state index contributed by atoms with van der Waals surface area (Å²) in [5.74, 6) is 0.809. The van der Waals surface area contributed by atoms with E-state index in [4.69, 9.17) is 0 Å². The Morgan fingerprint density at radius 2 is 1.85 bits per heavy atom. The number of anilines is 1. The van der Waals surface area contributed by atoms with E-state index in [9.17, 15) is 9.90 Å². The highest BCUT2D eigenvalue weighted by molar-refractivity contribution is 9.10. The summed E-state index contributed by atoms with van der Waals surface area (Å²) in [6, 6.07) is 19.4. The zero-order chi connectivity index (χ0) is 27.1. The van der Waals surface area contributed by atoms with Crippen molar-refractivity contribution in [2.45, 2.75) is 35.2 Å². The van der Waals surface area contributed by atoms with E-state index in [0.29, 0.717) is 16.5 Å². The van der Waals surface area contributed by atoms with Gasteiger partial charge in [-0.1, -0.05) is 81.8 Å². The smallest absolute Gasteiger partial charge is 0.238 e. The Balaban J connectivity index is 1.37. The molecule has 0 saturated carbocycles. The van der Waals surface area contributed by atoms with Crippen LogP contribution < -0.4 is 4.90 Å². The van der Waals surface area contributed by atoms with Crippen LogP contribution in [0.3, 0.4) is 0 Å². The number of allylic oxidation sites excluding steroid dienone is 2. The van der Waals surface area contributed by atoms with Crippen LogP contribution in [-0.4, -0.2) is 42.8 Å². The maximum atomic E-state index is 13.9. The highest BCUT2D eigenvalue weighted by Crippen LogP contribution is 2.44. The van der Waals surface area contributed by atoms with E-state index in [1.54, 1.807) is 23.9 Å². The number of amides is 1. The standard InChI is InChI=1S/C30H25BrN4O2S2/c1-18-11-13-22(19(2)15-18)35-29(21-16-20(31)12-14-25(21)36)32-33-30(35)38-17-28(37)34-23-7-3-5-9-26(23)39-27-10-6-4-8-24(27)34/h3-16,23,26,36H,17H2,1-2H3/t23-,26-/m0/s1. The molecule has 6 rings (SSSR count). The van der Waals surface area contributed by atoms with Crippen molar-refractivity contribution >= 4 is 51.0 Å². The molecular weight excluding hydrogens is 592 g/mol. The minimum atomic E-state index is -0.0469. The molecule has 2 aliphatic rings. The van der Waals surface area contributed by atoms with Crippen LogP contribution >= 0.6 is 39.5 Å². The van der Waals surface area contributed by atoms with Crippen LogP contribution in [-0.2, 0) is 4.79 Å². The number of hydrogen-bond acceptors (Lipinski definition) is 6. The second-order valence-electron chi connectivity index (χ2n) is 9.46. The van der Waals surface area contributed by atoms with E-state index in [2.05, 4.69) is 57.3 Å². The summed E-state index contributed by atoms with van der Waals surface area (Å²) in [4.78, 5) is 16.9. The van der Waals surface area contributed by atoms with Gasteiger partial charge in [-0.15, -0.1) is 22.0 Å². The molecule has 2 heterocycles. The molecule has 1 aromatic heterocycles. The number of phenols is 1. The van der Waals surface area contributed by atoms with Crippen molar-refractivity contribution < 1.29 is 9.90 Å². The number of carbonyl (C=O) groups excluding carboxylic acids is 1. The third kappa shape index (κ3) is 4.95. The van der Waals surface area contributed by atoms with Gasteiger partial charge in [-0.3, -0.25) is 9.36 Å². The first-order valence-corrected chi connectivity index (χ1v) is 15.1. The van der Waals surface area contributed by atoms with Crippen molar-refractivity contribution in [3.05, 3.63) is 101 Å². The fourth-order valence-corrected chi connectivity index (χ4v) is 7.40. The Hall–Kier alpha value is -3.27. The number of fused-ring (bicyclic) bond motifs is 2. The van der Waals surface area contributed by atoms with Crippen molar-refractivity contribution in [3.63, 3.8) is 0 Å². The molecule has 1 amide bonds. The Morgan fingerprint density at radius 3 is 2.69 bits per heavy atom. The summed E-state index contributed by atoms with van der Waals surface area (Å²) in [6.45, 7) is 4.09. The number of nitrogens with zero attached hydrogens (tertiary/aromatic N) is 4. The molecule has 0 unspecified atom stereocenters. The lowest BCUT2D eigenvalue weighted by molar-refractivity contribution is -0.116. The van der Waals surface area contributed by atoms with Gasteiger partial charge in [0.2, 0.25) is 5.91 Å². The van der Waals surface area contributed by atoms with E-state index in [1.165, 1.54) is 11.8 Å². The number of rotatable bonds is 5. The highest BCUT2D eigenvalue weighted by Gasteiger charge is 2.36. The van der Waals surface area contributed by atoms with E-state index >= 15 is 0 Å².